The molecule has 0 bridgehead atoms. The summed E-state index contributed by atoms with van der Waals surface area (Å²) in [7, 11) is 0. The van der Waals surface area contributed by atoms with E-state index in [1.807, 2.05) is 36.4 Å². The molecule has 0 saturated carbocycles. The van der Waals surface area contributed by atoms with E-state index in [-0.39, 0.29) is 5.91 Å². The maximum atomic E-state index is 11.5. The molecule has 0 spiro atoms. The van der Waals surface area contributed by atoms with Gasteiger partial charge in [-0.1, -0.05) is 24.3 Å². The van der Waals surface area contributed by atoms with Gasteiger partial charge in [0.1, 0.15) is 0 Å². The van der Waals surface area contributed by atoms with Gasteiger partial charge in [0.25, 0.3) is 5.91 Å². The number of nitrogens with two attached hydrogens (primary N) is 1. The van der Waals surface area contributed by atoms with E-state index < -0.39 is 0 Å². The molecule has 0 atom stereocenters. The second-order valence-electron chi connectivity index (χ2n) is 3.95. The number of hydrogen-bond acceptors (Lipinski definition) is 2. The third kappa shape index (κ3) is 1.52. The van der Waals surface area contributed by atoms with Crippen LogP contribution in [0.5, 0.6) is 0 Å². The Hall–Kier alpha value is -2.42. The first kappa shape index (κ1) is 9.78. The molecular weight excluding hydrogens is 212 g/mol. The highest BCUT2D eigenvalue weighted by Gasteiger charge is 2.18. The molecule has 2 aromatic rings. The summed E-state index contributed by atoms with van der Waals surface area (Å²) in [6.07, 6.45) is 1.63. The van der Waals surface area contributed by atoms with Crippen molar-refractivity contribution in [2.24, 2.45) is 4.99 Å². The SMILES string of the molecule is Nc1ccc(-c2cccc3c2C=NC3=O)cc1. The Bertz CT molecular complexity index is 627. The fraction of sp³-hybridized carbons (Fsp3) is 0. The number of rotatable bonds is 1. The van der Waals surface area contributed by atoms with Gasteiger partial charge in [0.15, 0.2) is 0 Å². The van der Waals surface area contributed by atoms with E-state index in [4.69, 9.17) is 5.73 Å². The summed E-state index contributed by atoms with van der Waals surface area (Å²) in [5.74, 6) is -0.169. The van der Waals surface area contributed by atoms with Gasteiger partial charge in [-0.25, -0.2) is 4.99 Å². The number of nitrogens with zero attached hydrogens (tertiary/aromatic N) is 1. The summed E-state index contributed by atoms with van der Waals surface area (Å²) in [5, 5.41) is 0. The lowest BCUT2D eigenvalue weighted by Gasteiger charge is -2.06. The van der Waals surface area contributed by atoms with E-state index in [1.54, 1.807) is 12.3 Å². The van der Waals surface area contributed by atoms with Crippen molar-refractivity contribution >= 4 is 17.8 Å². The van der Waals surface area contributed by atoms with E-state index >= 15 is 0 Å². The van der Waals surface area contributed by atoms with E-state index in [2.05, 4.69) is 4.99 Å². The number of aliphatic imine (C=N–C) groups is 1. The van der Waals surface area contributed by atoms with Crippen molar-refractivity contribution in [2.75, 3.05) is 5.73 Å². The lowest BCUT2D eigenvalue weighted by Crippen LogP contribution is -1.94. The largest absolute Gasteiger partial charge is 0.399 e. The van der Waals surface area contributed by atoms with Crippen molar-refractivity contribution in [1.29, 1.82) is 0 Å². The van der Waals surface area contributed by atoms with Gasteiger partial charge in [-0.05, 0) is 29.3 Å². The van der Waals surface area contributed by atoms with Crippen molar-refractivity contribution in [3.63, 3.8) is 0 Å². The Labute approximate surface area is 98.6 Å². The van der Waals surface area contributed by atoms with Crippen LogP contribution in [-0.4, -0.2) is 12.1 Å². The quantitative estimate of drug-likeness (QED) is 0.754. The van der Waals surface area contributed by atoms with Crippen molar-refractivity contribution < 1.29 is 4.79 Å². The highest BCUT2D eigenvalue weighted by atomic mass is 16.1. The van der Waals surface area contributed by atoms with Gasteiger partial charge < -0.3 is 5.73 Å². The molecule has 2 aromatic carbocycles. The average molecular weight is 222 g/mol. The molecular formula is C14H10N2O. The Morgan fingerprint density at radius 1 is 0.941 bits per heavy atom. The van der Waals surface area contributed by atoms with Crippen LogP contribution in [0, 0.1) is 0 Å². The lowest BCUT2D eigenvalue weighted by atomic mass is 9.97. The van der Waals surface area contributed by atoms with E-state index in [1.165, 1.54) is 0 Å². The first-order chi connectivity index (χ1) is 8.25. The van der Waals surface area contributed by atoms with Crippen LogP contribution in [0.25, 0.3) is 11.1 Å². The van der Waals surface area contributed by atoms with Crippen molar-refractivity contribution in [1.82, 2.24) is 0 Å². The van der Waals surface area contributed by atoms with Gasteiger partial charge in [0, 0.05) is 17.5 Å². The molecule has 0 radical (unpaired) electrons. The van der Waals surface area contributed by atoms with E-state index in [9.17, 15) is 4.79 Å². The molecule has 2 N–H and O–H groups in total. The smallest absolute Gasteiger partial charge is 0.277 e. The third-order valence-corrected chi connectivity index (χ3v) is 2.87. The number of nitrogen functional groups attached to an aromatic ring is 1. The fourth-order valence-electron chi connectivity index (χ4n) is 2.00. The Morgan fingerprint density at radius 3 is 2.41 bits per heavy atom. The molecule has 0 aliphatic carbocycles. The Morgan fingerprint density at radius 2 is 1.65 bits per heavy atom. The van der Waals surface area contributed by atoms with Crippen LogP contribution in [0.4, 0.5) is 5.69 Å². The normalized spacial score (nSPS) is 12.8. The van der Waals surface area contributed by atoms with Crippen LogP contribution >= 0.6 is 0 Å². The lowest BCUT2D eigenvalue weighted by molar-refractivity contribution is 0.101. The average Bonchev–Trinajstić information content (AvgIpc) is 2.73. The van der Waals surface area contributed by atoms with Gasteiger partial charge in [-0.15, -0.1) is 0 Å². The molecule has 17 heavy (non-hydrogen) atoms. The Balaban J connectivity index is 2.20. The monoisotopic (exact) mass is 222 g/mol. The summed E-state index contributed by atoms with van der Waals surface area (Å²) >= 11 is 0. The maximum absolute atomic E-state index is 11.5. The van der Waals surface area contributed by atoms with E-state index in [0.29, 0.717) is 5.56 Å². The number of anilines is 1. The zero-order valence-corrected chi connectivity index (χ0v) is 9.05. The number of carbonyl (C=O) groups is 1. The first-order valence-corrected chi connectivity index (χ1v) is 5.33. The summed E-state index contributed by atoms with van der Waals surface area (Å²) in [6, 6.07) is 13.2. The minimum absolute atomic E-state index is 0.169. The van der Waals surface area contributed by atoms with Crippen LogP contribution in [0.2, 0.25) is 0 Å². The molecule has 0 aromatic heterocycles. The Kier molecular flexibility index (Phi) is 2.05. The molecule has 0 unspecified atom stereocenters. The zero-order chi connectivity index (χ0) is 11.8. The maximum Gasteiger partial charge on any atom is 0.277 e. The van der Waals surface area contributed by atoms with Crippen molar-refractivity contribution in [3.05, 3.63) is 53.6 Å². The van der Waals surface area contributed by atoms with Crippen molar-refractivity contribution in [3.8, 4) is 11.1 Å². The highest BCUT2D eigenvalue weighted by Crippen LogP contribution is 2.28. The minimum Gasteiger partial charge on any atom is -0.399 e. The fourth-order valence-corrected chi connectivity index (χ4v) is 2.00. The topological polar surface area (TPSA) is 55.4 Å². The summed E-state index contributed by atoms with van der Waals surface area (Å²) in [6.45, 7) is 0. The van der Waals surface area contributed by atoms with Gasteiger partial charge >= 0.3 is 0 Å². The number of amides is 1. The molecule has 1 aliphatic rings. The number of hydrogen-bond donors (Lipinski definition) is 1. The second kappa shape index (κ2) is 3.56. The second-order valence-corrected chi connectivity index (χ2v) is 3.95. The van der Waals surface area contributed by atoms with Gasteiger partial charge in [-0.3, -0.25) is 4.79 Å². The van der Waals surface area contributed by atoms with Gasteiger partial charge in [-0.2, -0.15) is 0 Å². The molecule has 0 fully saturated rings. The van der Waals surface area contributed by atoms with Gasteiger partial charge in [0.2, 0.25) is 0 Å². The molecule has 82 valence electrons. The number of benzene rings is 2. The summed E-state index contributed by atoms with van der Waals surface area (Å²) < 4.78 is 0. The standard InChI is InChI=1S/C14H10N2O/c15-10-6-4-9(5-7-10)11-2-1-3-12-13(11)8-16-14(12)17/h1-8H,15H2. The molecule has 1 amide bonds. The summed E-state index contributed by atoms with van der Waals surface area (Å²) in [5.41, 5.74) is 9.99. The first-order valence-electron chi connectivity index (χ1n) is 5.33. The molecule has 1 aliphatic heterocycles. The summed E-state index contributed by atoms with van der Waals surface area (Å²) in [4.78, 5) is 15.3. The number of carbonyl (C=O) groups excluding carboxylic acids is 1. The minimum atomic E-state index is -0.169. The number of fused-ring (bicyclic) bond motifs is 1. The van der Waals surface area contributed by atoms with Crippen LogP contribution in [0.15, 0.2) is 47.5 Å². The predicted octanol–water partition coefficient (Wildman–Crippen LogP) is 2.51. The predicted molar refractivity (Wildman–Crippen MR) is 68.2 cm³/mol. The molecule has 3 heteroatoms. The molecule has 1 heterocycles. The van der Waals surface area contributed by atoms with Crippen LogP contribution in [0.1, 0.15) is 15.9 Å². The molecule has 0 saturated heterocycles. The third-order valence-electron chi connectivity index (χ3n) is 2.87. The van der Waals surface area contributed by atoms with E-state index in [0.717, 1.165) is 22.4 Å². The molecule has 3 nitrogen and oxygen atoms in total. The van der Waals surface area contributed by atoms with Crippen LogP contribution in [-0.2, 0) is 0 Å². The van der Waals surface area contributed by atoms with Crippen LogP contribution in [0.3, 0.4) is 0 Å². The highest BCUT2D eigenvalue weighted by molar-refractivity contribution is 6.15. The zero-order valence-electron chi connectivity index (χ0n) is 9.05. The van der Waals surface area contributed by atoms with Gasteiger partial charge in [0.05, 0.1) is 5.56 Å². The van der Waals surface area contributed by atoms with Crippen LogP contribution < -0.4 is 5.73 Å². The van der Waals surface area contributed by atoms with Crippen molar-refractivity contribution in [2.45, 2.75) is 0 Å². The molecule has 3 rings (SSSR count).